The smallest absolute Gasteiger partial charge is 0.416 e. The van der Waals surface area contributed by atoms with Crippen LogP contribution in [0.1, 0.15) is 23.6 Å². The largest absolute Gasteiger partial charge is 0.454 e. The van der Waals surface area contributed by atoms with Crippen LogP contribution in [0.15, 0.2) is 41.6 Å². The minimum atomic E-state index is -4.49. The zero-order valence-electron chi connectivity index (χ0n) is 15.1. The summed E-state index contributed by atoms with van der Waals surface area (Å²) in [6, 6.07) is 8.80. The lowest BCUT2D eigenvalue weighted by molar-refractivity contribution is -0.138. The fourth-order valence-electron chi connectivity index (χ4n) is 2.56. The number of carbonyl (C=O) groups excluding carboxylic acids is 1. The zero-order chi connectivity index (χ0) is 20.3. The van der Waals surface area contributed by atoms with Crippen molar-refractivity contribution < 1.29 is 32.3 Å². The Hall–Kier alpha value is -3.23. The lowest BCUT2D eigenvalue weighted by atomic mass is 10.1. The van der Waals surface area contributed by atoms with Crippen LogP contribution in [-0.4, -0.2) is 25.0 Å². The summed E-state index contributed by atoms with van der Waals surface area (Å²) in [5, 5.41) is 6.21. The predicted molar refractivity (Wildman–Crippen MR) is 95.5 cm³/mol. The Labute approximate surface area is 158 Å². The molecule has 0 radical (unpaired) electrons. The quantitative estimate of drug-likeness (QED) is 0.612. The molecule has 1 aliphatic heterocycles. The number of ether oxygens (including phenoxy) is 2. The van der Waals surface area contributed by atoms with Gasteiger partial charge >= 0.3 is 6.18 Å². The molecule has 1 N–H and O–H groups in total. The van der Waals surface area contributed by atoms with Crippen LogP contribution in [0, 0.1) is 6.92 Å². The van der Waals surface area contributed by atoms with Gasteiger partial charge in [-0.1, -0.05) is 11.2 Å². The van der Waals surface area contributed by atoms with E-state index in [4.69, 9.17) is 14.3 Å². The van der Waals surface area contributed by atoms with Crippen molar-refractivity contribution in [2.24, 2.45) is 5.16 Å². The van der Waals surface area contributed by atoms with Crippen molar-refractivity contribution in [1.82, 2.24) is 0 Å². The average molecular weight is 394 g/mol. The van der Waals surface area contributed by atoms with Crippen molar-refractivity contribution in [3.8, 4) is 11.5 Å². The van der Waals surface area contributed by atoms with Crippen LogP contribution in [0.25, 0.3) is 0 Å². The molecule has 0 saturated carbocycles. The number of hydrogen-bond donors (Lipinski definition) is 1. The van der Waals surface area contributed by atoms with Gasteiger partial charge in [0.05, 0.1) is 11.3 Å². The van der Waals surface area contributed by atoms with E-state index < -0.39 is 24.3 Å². The van der Waals surface area contributed by atoms with Crippen LogP contribution in [0.4, 0.5) is 18.9 Å². The lowest BCUT2D eigenvalue weighted by Crippen LogP contribution is -2.18. The summed E-state index contributed by atoms with van der Waals surface area (Å²) < 4.78 is 49.3. The van der Waals surface area contributed by atoms with Gasteiger partial charge < -0.3 is 19.6 Å². The van der Waals surface area contributed by atoms with Gasteiger partial charge in [0.15, 0.2) is 18.1 Å². The maximum Gasteiger partial charge on any atom is 0.416 e. The minimum absolute atomic E-state index is 0.0306. The third kappa shape index (κ3) is 4.54. The monoisotopic (exact) mass is 394 g/mol. The highest BCUT2D eigenvalue weighted by molar-refractivity contribution is 5.99. The average Bonchev–Trinajstić information content (AvgIpc) is 3.10. The van der Waals surface area contributed by atoms with Gasteiger partial charge in [-0.15, -0.1) is 0 Å². The molecule has 1 aliphatic rings. The molecule has 0 saturated heterocycles. The minimum Gasteiger partial charge on any atom is -0.454 e. The molecule has 28 heavy (non-hydrogen) atoms. The van der Waals surface area contributed by atoms with Gasteiger partial charge in [0.25, 0.3) is 5.91 Å². The van der Waals surface area contributed by atoms with Crippen LogP contribution in [0.5, 0.6) is 11.5 Å². The number of fused-ring (bicyclic) bond motifs is 1. The number of alkyl halides is 3. The number of halogens is 3. The Kier molecular flexibility index (Phi) is 5.43. The highest BCUT2D eigenvalue weighted by Gasteiger charge is 2.32. The number of rotatable bonds is 5. The molecule has 9 heteroatoms. The molecule has 0 atom stereocenters. The van der Waals surface area contributed by atoms with Crippen LogP contribution < -0.4 is 14.8 Å². The van der Waals surface area contributed by atoms with E-state index in [9.17, 15) is 18.0 Å². The number of carbonyl (C=O) groups is 1. The number of nitrogens with one attached hydrogen (secondary N) is 1. The first-order valence-corrected chi connectivity index (χ1v) is 8.28. The van der Waals surface area contributed by atoms with E-state index in [-0.39, 0.29) is 18.0 Å². The summed E-state index contributed by atoms with van der Waals surface area (Å²) in [5.74, 6) is 0.594. The van der Waals surface area contributed by atoms with E-state index in [1.807, 2.05) is 0 Å². The fraction of sp³-hybridized carbons (Fsp3) is 0.263. The van der Waals surface area contributed by atoms with E-state index >= 15 is 0 Å². The van der Waals surface area contributed by atoms with Crippen molar-refractivity contribution >= 4 is 17.3 Å². The second-order valence-corrected chi connectivity index (χ2v) is 6.09. The molecule has 6 nitrogen and oxygen atoms in total. The maximum atomic E-state index is 12.9. The van der Waals surface area contributed by atoms with Crippen molar-refractivity contribution in [1.29, 1.82) is 0 Å². The van der Waals surface area contributed by atoms with Gasteiger partial charge in [0.2, 0.25) is 6.79 Å². The molecule has 0 spiro atoms. The number of aryl methyl sites for hydroxylation is 1. The van der Waals surface area contributed by atoms with Gasteiger partial charge in [-0.25, -0.2) is 0 Å². The Morgan fingerprint density at radius 3 is 2.68 bits per heavy atom. The predicted octanol–water partition coefficient (Wildman–Crippen LogP) is 4.12. The Balaban J connectivity index is 1.58. The number of nitrogens with zero attached hydrogens (tertiary/aromatic N) is 1. The molecular formula is C19H17F3N2O4. The highest BCUT2D eigenvalue weighted by Crippen LogP contribution is 2.34. The molecule has 1 amide bonds. The molecule has 148 valence electrons. The van der Waals surface area contributed by atoms with E-state index in [1.165, 1.54) is 19.1 Å². The lowest BCUT2D eigenvalue weighted by Gasteiger charge is -2.12. The maximum absolute atomic E-state index is 12.9. The Bertz CT molecular complexity index is 926. The number of amides is 1. The third-order valence-corrected chi connectivity index (χ3v) is 4.01. The van der Waals surface area contributed by atoms with Crippen molar-refractivity contribution in [2.45, 2.75) is 20.0 Å². The Morgan fingerprint density at radius 2 is 1.93 bits per heavy atom. The summed E-state index contributed by atoms with van der Waals surface area (Å²) in [5.41, 5.74) is 0.524. The summed E-state index contributed by atoms with van der Waals surface area (Å²) in [4.78, 5) is 16.9. The normalized spacial score (nSPS) is 13.4. The SMILES string of the molecule is CC(=NOCC(=O)Nc1ccc(C)c(C(F)(F)F)c1)c1ccc2c(c1)OCO2. The van der Waals surface area contributed by atoms with Crippen molar-refractivity contribution in [3.63, 3.8) is 0 Å². The molecule has 0 aliphatic carbocycles. The second kappa shape index (κ2) is 7.79. The van der Waals surface area contributed by atoms with E-state index in [0.29, 0.717) is 17.2 Å². The first-order valence-electron chi connectivity index (χ1n) is 8.28. The molecular weight excluding hydrogens is 377 g/mol. The standard InChI is InChI=1S/C19H17F3N2O4/c1-11-3-5-14(8-15(11)19(20,21)22)23-18(25)9-28-24-12(2)13-4-6-16-17(7-13)27-10-26-16/h3-8H,9-10H2,1-2H3,(H,23,25). The first kappa shape index (κ1) is 19.5. The first-order chi connectivity index (χ1) is 13.2. The Morgan fingerprint density at radius 1 is 1.18 bits per heavy atom. The second-order valence-electron chi connectivity index (χ2n) is 6.09. The van der Waals surface area contributed by atoms with Gasteiger partial charge in [0.1, 0.15) is 0 Å². The summed E-state index contributed by atoms with van der Waals surface area (Å²) in [6.07, 6.45) is -4.49. The van der Waals surface area contributed by atoms with E-state index in [1.54, 1.807) is 25.1 Å². The topological polar surface area (TPSA) is 69.2 Å². The summed E-state index contributed by atoms with van der Waals surface area (Å²) >= 11 is 0. The van der Waals surface area contributed by atoms with Gasteiger partial charge in [-0.3, -0.25) is 4.79 Å². The summed E-state index contributed by atoms with van der Waals surface area (Å²) in [6.45, 7) is 2.74. The van der Waals surface area contributed by atoms with Crippen molar-refractivity contribution in [3.05, 3.63) is 53.1 Å². The van der Waals surface area contributed by atoms with E-state index in [0.717, 1.165) is 11.6 Å². The third-order valence-electron chi connectivity index (χ3n) is 4.01. The molecule has 0 bridgehead atoms. The number of anilines is 1. The molecule has 3 rings (SSSR count). The fourth-order valence-corrected chi connectivity index (χ4v) is 2.56. The van der Waals surface area contributed by atoms with Gasteiger partial charge in [-0.2, -0.15) is 13.2 Å². The van der Waals surface area contributed by atoms with E-state index in [2.05, 4.69) is 10.5 Å². The van der Waals surface area contributed by atoms with Crippen LogP contribution in [-0.2, 0) is 15.8 Å². The van der Waals surface area contributed by atoms with Crippen LogP contribution in [0.2, 0.25) is 0 Å². The number of benzene rings is 2. The molecule has 0 aromatic heterocycles. The van der Waals surface area contributed by atoms with Crippen molar-refractivity contribution in [2.75, 3.05) is 18.7 Å². The molecule has 1 heterocycles. The van der Waals surface area contributed by atoms with Gasteiger partial charge in [-0.05, 0) is 49.7 Å². The highest BCUT2D eigenvalue weighted by atomic mass is 19.4. The number of hydrogen-bond acceptors (Lipinski definition) is 5. The number of oxime groups is 1. The van der Waals surface area contributed by atoms with Crippen LogP contribution >= 0.6 is 0 Å². The van der Waals surface area contributed by atoms with Crippen LogP contribution in [0.3, 0.4) is 0 Å². The van der Waals surface area contributed by atoms with Gasteiger partial charge in [0, 0.05) is 11.3 Å². The molecule has 2 aromatic carbocycles. The summed E-state index contributed by atoms with van der Waals surface area (Å²) in [7, 11) is 0. The molecule has 0 unspecified atom stereocenters. The molecule has 2 aromatic rings. The zero-order valence-corrected chi connectivity index (χ0v) is 15.1. The molecule has 0 fully saturated rings.